The number of pyridine rings is 2. The van der Waals surface area contributed by atoms with Gasteiger partial charge >= 0.3 is 0 Å². The Kier molecular flexibility index (Phi) is 4.67. The molecular weight excluding hydrogens is 326 g/mol. The molecular formula is C20H23N5O. The first kappa shape index (κ1) is 16.7. The van der Waals surface area contributed by atoms with Crippen molar-refractivity contribution in [3.05, 3.63) is 81.8 Å². The van der Waals surface area contributed by atoms with Gasteiger partial charge in [-0.25, -0.2) is 0 Å². The van der Waals surface area contributed by atoms with E-state index in [1.807, 2.05) is 40.7 Å². The van der Waals surface area contributed by atoms with E-state index in [-0.39, 0.29) is 5.56 Å². The summed E-state index contributed by atoms with van der Waals surface area (Å²) in [6.45, 7) is 3.45. The van der Waals surface area contributed by atoms with E-state index in [9.17, 15) is 4.79 Å². The van der Waals surface area contributed by atoms with Crippen LogP contribution in [0.1, 0.15) is 22.4 Å². The quantitative estimate of drug-likeness (QED) is 0.718. The number of aromatic nitrogens is 4. The second-order valence-electron chi connectivity index (χ2n) is 6.88. The molecule has 0 saturated heterocycles. The van der Waals surface area contributed by atoms with Crippen molar-refractivity contribution in [1.29, 1.82) is 0 Å². The molecule has 1 aliphatic rings. The van der Waals surface area contributed by atoms with Crippen molar-refractivity contribution in [2.45, 2.75) is 25.9 Å². The Bertz CT molecular complexity index is 944. The summed E-state index contributed by atoms with van der Waals surface area (Å²) in [7, 11) is 1.94. The SMILES string of the molecule is Cn1cc(CN2CCc3ccc(=O)n(Cc4ccncc4)c3CC2)cn1. The minimum atomic E-state index is 0.0706. The number of rotatable bonds is 4. The summed E-state index contributed by atoms with van der Waals surface area (Å²) < 4.78 is 3.77. The van der Waals surface area contributed by atoms with E-state index >= 15 is 0 Å². The van der Waals surface area contributed by atoms with E-state index in [4.69, 9.17) is 0 Å². The highest BCUT2D eigenvalue weighted by Crippen LogP contribution is 2.17. The molecule has 0 aliphatic carbocycles. The Morgan fingerprint density at radius 2 is 1.81 bits per heavy atom. The molecule has 26 heavy (non-hydrogen) atoms. The van der Waals surface area contributed by atoms with Crippen LogP contribution in [0.3, 0.4) is 0 Å². The van der Waals surface area contributed by atoms with Crippen molar-refractivity contribution in [3.8, 4) is 0 Å². The van der Waals surface area contributed by atoms with Crippen molar-refractivity contribution >= 4 is 0 Å². The van der Waals surface area contributed by atoms with Gasteiger partial charge in [0.25, 0.3) is 5.56 Å². The molecule has 0 radical (unpaired) electrons. The summed E-state index contributed by atoms with van der Waals surface area (Å²) >= 11 is 0. The van der Waals surface area contributed by atoms with Crippen molar-refractivity contribution < 1.29 is 0 Å². The van der Waals surface area contributed by atoms with Crippen molar-refractivity contribution in [2.75, 3.05) is 13.1 Å². The highest BCUT2D eigenvalue weighted by molar-refractivity contribution is 5.25. The summed E-state index contributed by atoms with van der Waals surface area (Å²) in [5, 5.41) is 4.26. The summed E-state index contributed by atoms with van der Waals surface area (Å²) in [4.78, 5) is 19.0. The number of hydrogen-bond donors (Lipinski definition) is 0. The predicted octanol–water partition coefficient (Wildman–Crippen LogP) is 1.63. The summed E-state index contributed by atoms with van der Waals surface area (Å²) in [6, 6.07) is 7.65. The molecule has 6 nitrogen and oxygen atoms in total. The van der Waals surface area contributed by atoms with Crippen LogP contribution in [-0.4, -0.2) is 37.3 Å². The Balaban J connectivity index is 1.56. The molecule has 0 fully saturated rings. The third-order valence-corrected chi connectivity index (χ3v) is 5.01. The van der Waals surface area contributed by atoms with Crippen LogP contribution >= 0.6 is 0 Å². The lowest BCUT2D eigenvalue weighted by Gasteiger charge is -2.18. The normalized spacial score (nSPS) is 14.8. The van der Waals surface area contributed by atoms with Gasteiger partial charge in [-0.1, -0.05) is 6.07 Å². The van der Waals surface area contributed by atoms with E-state index in [0.717, 1.165) is 38.0 Å². The first-order valence-electron chi connectivity index (χ1n) is 8.99. The van der Waals surface area contributed by atoms with E-state index < -0.39 is 0 Å². The maximum Gasteiger partial charge on any atom is 0.251 e. The molecule has 1 aliphatic heterocycles. The molecule has 6 heteroatoms. The standard InChI is InChI=1S/C20H23N5O/c1-23-13-17(12-22-23)14-24-10-6-18-2-3-20(26)25(19(18)7-11-24)15-16-4-8-21-9-5-16/h2-5,8-9,12-13H,6-7,10-11,14-15H2,1H3. The average Bonchev–Trinajstić information content (AvgIpc) is 2.94. The second kappa shape index (κ2) is 7.25. The van der Waals surface area contributed by atoms with Gasteiger partial charge in [-0.15, -0.1) is 0 Å². The fourth-order valence-corrected chi connectivity index (χ4v) is 3.66. The van der Waals surface area contributed by atoms with Crippen molar-refractivity contribution in [3.63, 3.8) is 0 Å². The van der Waals surface area contributed by atoms with Gasteiger partial charge in [-0.2, -0.15) is 5.10 Å². The second-order valence-corrected chi connectivity index (χ2v) is 6.88. The average molecular weight is 349 g/mol. The zero-order chi connectivity index (χ0) is 17.9. The molecule has 3 aromatic heterocycles. The molecule has 0 aromatic carbocycles. The lowest BCUT2D eigenvalue weighted by atomic mass is 10.1. The largest absolute Gasteiger partial charge is 0.308 e. The minimum absolute atomic E-state index is 0.0706. The van der Waals surface area contributed by atoms with Crippen LogP contribution in [0.2, 0.25) is 0 Å². The monoisotopic (exact) mass is 349 g/mol. The van der Waals surface area contributed by atoms with Gasteiger partial charge in [0, 0.05) is 69.0 Å². The maximum atomic E-state index is 12.5. The number of hydrogen-bond acceptors (Lipinski definition) is 4. The molecule has 0 bridgehead atoms. The number of aryl methyl sites for hydroxylation is 1. The summed E-state index contributed by atoms with van der Waals surface area (Å²) in [6.07, 6.45) is 9.40. The molecule has 134 valence electrons. The van der Waals surface area contributed by atoms with E-state index in [2.05, 4.69) is 21.2 Å². The van der Waals surface area contributed by atoms with Crippen LogP contribution in [0, 0.1) is 0 Å². The predicted molar refractivity (Wildman–Crippen MR) is 99.9 cm³/mol. The molecule has 0 amide bonds. The Morgan fingerprint density at radius 1 is 1.00 bits per heavy atom. The van der Waals surface area contributed by atoms with Gasteiger partial charge in [0.2, 0.25) is 0 Å². The van der Waals surface area contributed by atoms with E-state index in [1.165, 1.54) is 16.8 Å². The molecule has 4 heterocycles. The first-order chi connectivity index (χ1) is 12.7. The smallest absolute Gasteiger partial charge is 0.251 e. The molecule has 0 atom stereocenters. The lowest BCUT2D eigenvalue weighted by molar-refractivity contribution is 0.278. The lowest BCUT2D eigenvalue weighted by Crippen LogP contribution is -2.27. The van der Waals surface area contributed by atoms with Gasteiger partial charge in [-0.05, 0) is 29.7 Å². The van der Waals surface area contributed by atoms with E-state index in [0.29, 0.717) is 6.54 Å². The topological polar surface area (TPSA) is 56.0 Å². The number of fused-ring (bicyclic) bond motifs is 1. The van der Waals surface area contributed by atoms with Gasteiger partial charge in [-0.3, -0.25) is 19.4 Å². The van der Waals surface area contributed by atoms with Gasteiger partial charge in [0.15, 0.2) is 0 Å². The Morgan fingerprint density at radius 3 is 2.58 bits per heavy atom. The number of nitrogens with zero attached hydrogens (tertiary/aromatic N) is 5. The molecule has 0 unspecified atom stereocenters. The minimum Gasteiger partial charge on any atom is -0.308 e. The first-order valence-corrected chi connectivity index (χ1v) is 8.99. The van der Waals surface area contributed by atoms with Crippen molar-refractivity contribution in [1.82, 2.24) is 24.2 Å². The molecule has 4 rings (SSSR count). The zero-order valence-electron chi connectivity index (χ0n) is 15.0. The highest BCUT2D eigenvalue weighted by atomic mass is 16.1. The molecule has 3 aromatic rings. The van der Waals surface area contributed by atoms with Crippen molar-refractivity contribution in [2.24, 2.45) is 7.05 Å². The highest BCUT2D eigenvalue weighted by Gasteiger charge is 2.18. The molecule has 0 spiro atoms. The van der Waals surface area contributed by atoms with Gasteiger partial charge in [0.1, 0.15) is 0 Å². The van der Waals surface area contributed by atoms with Crippen LogP contribution < -0.4 is 5.56 Å². The molecule has 0 N–H and O–H groups in total. The third-order valence-electron chi connectivity index (χ3n) is 5.01. The fourth-order valence-electron chi connectivity index (χ4n) is 3.66. The van der Waals surface area contributed by atoms with Crippen LogP contribution in [0.5, 0.6) is 0 Å². The van der Waals surface area contributed by atoms with Crippen LogP contribution in [0.25, 0.3) is 0 Å². The van der Waals surface area contributed by atoms with E-state index in [1.54, 1.807) is 18.5 Å². The van der Waals surface area contributed by atoms with Crippen LogP contribution in [0.4, 0.5) is 0 Å². The Hall–Kier alpha value is -2.73. The summed E-state index contributed by atoms with van der Waals surface area (Å²) in [5.41, 5.74) is 4.86. The van der Waals surface area contributed by atoms with Crippen LogP contribution in [-0.2, 0) is 33.0 Å². The third kappa shape index (κ3) is 3.60. The van der Waals surface area contributed by atoms with Gasteiger partial charge < -0.3 is 4.57 Å². The Labute approximate surface area is 152 Å². The zero-order valence-corrected chi connectivity index (χ0v) is 15.0. The van der Waals surface area contributed by atoms with Crippen LogP contribution in [0.15, 0.2) is 53.8 Å². The molecule has 0 saturated carbocycles. The fraction of sp³-hybridized carbons (Fsp3) is 0.350. The summed E-state index contributed by atoms with van der Waals surface area (Å²) in [5.74, 6) is 0. The maximum absolute atomic E-state index is 12.5. The van der Waals surface area contributed by atoms with Gasteiger partial charge in [0.05, 0.1) is 12.7 Å².